The first kappa shape index (κ1) is 9.98. The Hall–Kier alpha value is -1.55. The Labute approximate surface area is 91.8 Å². The molecule has 2 rings (SSSR count). The summed E-state index contributed by atoms with van der Waals surface area (Å²) in [5.74, 6) is -0.431. The Balaban J connectivity index is 2.36. The third-order valence-corrected chi connectivity index (χ3v) is 3.48. The average molecular weight is 220 g/mol. The van der Waals surface area contributed by atoms with E-state index in [0.717, 1.165) is 5.69 Å². The van der Waals surface area contributed by atoms with Crippen molar-refractivity contribution < 1.29 is 4.79 Å². The van der Waals surface area contributed by atoms with E-state index in [9.17, 15) is 4.79 Å². The molecule has 2 aromatic rings. The lowest BCUT2D eigenvalue weighted by Crippen LogP contribution is -2.15. The molecular formula is C11H12N2OS. The van der Waals surface area contributed by atoms with Gasteiger partial charge in [-0.1, -0.05) is 6.58 Å². The van der Waals surface area contributed by atoms with E-state index in [0.29, 0.717) is 12.0 Å². The summed E-state index contributed by atoms with van der Waals surface area (Å²) in [6, 6.07) is 4.14. The van der Waals surface area contributed by atoms with Crippen LogP contribution in [0.5, 0.6) is 0 Å². The SMILES string of the molecule is C=C(Cc1cc2ccsc2n1C)C(N)=O. The highest BCUT2D eigenvalue weighted by atomic mass is 32.1. The molecule has 0 saturated heterocycles. The number of nitrogens with two attached hydrogens (primary N) is 1. The molecule has 1 amide bonds. The van der Waals surface area contributed by atoms with Crippen LogP contribution < -0.4 is 5.73 Å². The van der Waals surface area contributed by atoms with Crippen LogP contribution in [0.4, 0.5) is 0 Å². The second-order valence-corrected chi connectivity index (χ2v) is 4.41. The van der Waals surface area contributed by atoms with Gasteiger partial charge in [0.05, 0.1) is 0 Å². The number of thiophene rings is 1. The van der Waals surface area contributed by atoms with E-state index in [1.807, 2.05) is 7.05 Å². The van der Waals surface area contributed by atoms with Gasteiger partial charge in [0.25, 0.3) is 0 Å². The Kier molecular flexibility index (Phi) is 2.36. The van der Waals surface area contributed by atoms with Gasteiger partial charge in [0, 0.05) is 30.1 Å². The van der Waals surface area contributed by atoms with Crippen LogP contribution in [-0.4, -0.2) is 10.5 Å². The van der Waals surface area contributed by atoms with Gasteiger partial charge in [0.1, 0.15) is 4.83 Å². The van der Waals surface area contributed by atoms with Crippen molar-refractivity contribution >= 4 is 27.5 Å². The predicted octanol–water partition coefficient (Wildman–Crippen LogP) is 1.82. The van der Waals surface area contributed by atoms with Crippen LogP contribution in [0.3, 0.4) is 0 Å². The number of carbonyl (C=O) groups is 1. The number of primary amides is 1. The zero-order valence-corrected chi connectivity index (χ0v) is 9.30. The number of hydrogen-bond acceptors (Lipinski definition) is 2. The predicted molar refractivity (Wildman–Crippen MR) is 62.8 cm³/mol. The van der Waals surface area contributed by atoms with Crippen molar-refractivity contribution in [3.05, 3.63) is 35.4 Å². The van der Waals surface area contributed by atoms with Crippen LogP contribution >= 0.6 is 11.3 Å². The molecule has 0 bridgehead atoms. The number of rotatable bonds is 3. The largest absolute Gasteiger partial charge is 0.366 e. The van der Waals surface area contributed by atoms with E-state index >= 15 is 0 Å². The number of aryl methyl sites for hydroxylation is 1. The van der Waals surface area contributed by atoms with Gasteiger partial charge in [0.15, 0.2) is 0 Å². The zero-order chi connectivity index (χ0) is 11.0. The zero-order valence-electron chi connectivity index (χ0n) is 8.49. The quantitative estimate of drug-likeness (QED) is 0.788. The van der Waals surface area contributed by atoms with E-state index in [4.69, 9.17) is 5.73 Å². The molecule has 2 N–H and O–H groups in total. The molecule has 0 atom stereocenters. The van der Waals surface area contributed by atoms with Crippen LogP contribution in [-0.2, 0) is 18.3 Å². The van der Waals surface area contributed by atoms with Gasteiger partial charge in [-0.05, 0) is 17.5 Å². The lowest BCUT2D eigenvalue weighted by molar-refractivity contribution is -0.114. The highest BCUT2D eigenvalue weighted by Crippen LogP contribution is 2.25. The first-order chi connectivity index (χ1) is 7.09. The monoisotopic (exact) mass is 220 g/mol. The number of fused-ring (bicyclic) bond motifs is 1. The van der Waals surface area contributed by atoms with Crippen molar-refractivity contribution in [2.24, 2.45) is 12.8 Å². The molecule has 2 heterocycles. The third-order valence-electron chi connectivity index (χ3n) is 2.47. The van der Waals surface area contributed by atoms with Crippen LogP contribution in [0.1, 0.15) is 5.69 Å². The van der Waals surface area contributed by atoms with E-state index in [2.05, 4.69) is 28.7 Å². The molecule has 0 radical (unpaired) electrons. The van der Waals surface area contributed by atoms with Gasteiger partial charge in [-0.25, -0.2) is 0 Å². The first-order valence-corrected chi connectivity index (χ1v) is 5.47. The summed E-state index contributed by atoms with van der Waals surface area (Å²) in [4.78, 5) is 12.1. The maximum atomic E-state index is 10.9. The maximum absolute atomic E-state index is 10.9. The van der Waals surface area contributed by atoms with Crippen molar-refractivity contribution in [3.63, 3.8) is 0 Å². The molecule has 0 spiro atoms. The number of nitrogens with zero attached hydrogens (tertiary/aromatic N) is 1. The molecule has 15 heavy (non-hydrogen) atoms. The summed E-state index contributed by atoms with van der Waals surface area (Å²) in [5.41, 5.74) is 6.68. The normalized spacial score (nSPS) is 10.7. The third kappa shape index (κ3) is 1.68. The molecule has 0 aromatic carbocycles. The summed E-state index contributed by atoms with van der Waals surface area (Å²) < 4.78 is 2.08. The standard InChI is InChI=1S/C11H12N2OS/c1-7(10(12)14)5-9-6-8-3-4-15-11(8)13(9)2/h3-4,6H,1,5H2,2H3,(H2,12,14). The van der Waals surface area contributed by atoms with Crippen molar-refractivity contribution in [2.45, 2.75) is 6.42 Å². The number of carbonyl (C=O) groups excluding carboxylic acids is 1. The van der Waals surface area contributed by atoms with Crippen molar-refractivity contribution in [2.75, 3.05) is 0 Å². The summed E-state index contributed by atoms with van der Waals surface area (Å²) in [5, 5.41) is 3.26. The van der Waals surface area contributed by atoms with Gasteiger partial charge in [-0.3, -0.25) is 4.79 Å². The van der Waals surface area contributed by atoms with E-state index < -0.39 is 5.91 Å². The van der Waals surface area contributed by atoms with Gasteiger partial charge in [-0.2, -0.15) is 0 Å². The van der Waals surface area contributed by atoms with E-state index in [1.165, 1.54) is 10.2 Å². The fourth-order valence-corrected chi connectivity index (χ4v) is 2.46. The fraction of sp³-hybridized carbons (Fsp3) is 0.182. The fourth-order valence-electron chi connectivity index (χ4n) is 1.58. The molecule has 0 unspecified atom stereocenters. The molecule has 0 aliphatic carbocycles. The van der Waals surface area contributed by atoms with Crippen LogP contribution in [0.2, 0.25) is 0 Å². The van der Waals surface area contributed by atoms with Crippen LogP contribution in [0.15, 0.2) is 29.7 Å². The van der Waals surface area contributed by atoms with Crippen LogP contribution in [0.25, 0.3) is 10.2 Å². The number of hydrogen-bond donors (Lipinski definition) is 1. The highest BCUT2D eigenvalue weighted by Gasteiger charge is 2.09. The Morgan fingerprint density at radius 3 is 3.00 bits per heavy atom. The van der Waals surface area contributed by atoms with Gasteiger partial charge in [-0.15, -0.1) is 11.3 Å². The summed E-state index contributed by atoms with van der Waals surface area (Å²) >= 11 is 1.69. The van der Waals surface area contributed by atoms with Crippen LogP contribution in [0, 0.1) is 0 Å². The minimum absolute atomic E-state index is 0.431. The van der Waals surface area contributed by atoms with Gasteiger partial charge < -0.3 is 10.3 Å². The molecule has 0 aliphatic heterocycles. The first-order valence-electron chi connectivity index (χ1n) is 4.59. The number of aromatic nitrogens is 1. The van der Waals surface area contributed by atoms with E-state index in [1.54, 1.807) is 11.3 Å². The summed E-state index contributed by atoms with van der Waals surface area (Å²) in [6.45, 7) is 3.66. The maximum Gasteiger partial charge on any atom is 0.244 e. The molecule has 0 saturated carbocycles. The molecule has 0 aliphatic rings. The van der Waals surface area contributed by atoms with Crippen molar-refractivity contribution in [1.82, 2.24) is 4.57 Å². The molecule has 78 valence electrons. The minimum atomic E-state index is -0.431. The lowest BCUT2D eigenvalue weighted by Gasteiger charge is -2.03. The topological polar surface area (TPSA) is 48.0 Å². The van der Waals surface area contributed by atoms with Crippen molar-refractivity contribution in [3.8, 4) is 0 Å². The smallest absolute Gasteiger partial charge is 0.244 e. The minimum Gasteiger partial charge on any atom is -0.366 e. The lowest BCUT2D eigenvalue weighted by atomic mass is 10.1. The molecule has 0 fully saturated rings. The molecule has 4 heteroatoms. The van der Waals surface area contributed by atoms with E-state index in [-0.39, 0.29) is 0 Å². The second-order valence-electron chi connectivity index (χ2n) is 3.52. The Morgan fingerprint density at radius 1 is 1.67 bits per heavy atom. The van der Waals surface area contributed by atoms with Gasteiger partial charge >= 0.3 is 0 Å². The molecule has 2 aromatic heterocycles. The molecule has 3 nitrogen and oxygen atoms in total. The average Bonchev–Trinajstić information content (AvgIpc) is 2.71. The van der Waals surface area contributed by atoms with Crippen molar-refractivity contribution in [1.29, 1.82) is 0 Å². The molecular weight excluding hydrogens is 208 g/mol. The Morgan fingerprint density at radius 2 is 2.40 bits per heavy atom. The van der Waals surface area contributed by atoms with Gasteiger partial charge in [0.2, 0.25) is 5.91 Å². The highest BCUT2D eigenvalue weighted by molar-refractivity contribution is 7.16. The summed E-state index contributed by atoms with van der Waals surface area (Å²) in [7, 11) is 1.99. The Bertz CT molecular complexity index is 536. The second kappa shape index (κ2) is 3.55. The summed E-state index contributed by atoms with van der Waals surface area (Å²) in [6.07, 6.45) is 0.521. The number of amides is 1.